The summed E-state index contributed by atoms with van der Waals surface area (Å²) in [5.74, 6) is -0.232. The van der Waals surface area contributed by atoms with Crippen LogP contribution in [0.2, 0.25) is 0 Å². The zero-order valence-electron chi connectivity index (χ0n) is 10.1. The Balaban J connectivity index is 2.42. The van der Waals surface area contributed by atoms with Crippen molar-refractivity contribution in [1.29, 1.82) is 0 Å². The molecule has 0 aliphatic carbocycles. The van der Waals surface area contributed by atoms with E-state index in [2.05, 4.69) is 9.50 Å². The molecule has 0 amide bonds. The molecule has 1 aromatic carbocycles. The maximum Gasteiger partial charge on any atom is 0.271 e. The lowest BCUT2D eigenvalue weighted by molar-refractivity contribution is -0.384. The molecule has 0 radical (unpaired) electrons. The molecule has 0 aromatic heterocycles. The summed E-state index contributed by atoms with van der Waals surface area (Å²) in [7, 11) is -3.58. The van der Waals surface area contributed by atoms with Crippen molar-refractivity contribution in [2.24, 2.45) is 5.73 Å². The van der Waals surface area contributed by atoms with Crippen LogP contribution in [0.4, 0.5) is 11.4 Å². The Morgan fingerprint density at radius 3 is 2.79 bits per heavy atom. The van der Waals surface area contributed by atoms with Gasteiger partial charge in [0.05, 0.1) is 17.3 Å². The van der Waals surface area contributed by atoms with Crippen LogP contribution in [-0.4, -0.2) is 38.8 Å². The smallest absolute Gasteiger partial charge is 0.271 e. The minimum atomic E-state index is -3.58. The highest BCUT2D eigenvalue weighted by molar-refractivity contribution is 7.86. The Morgan fingerprint density at radius 1 is 1.42 bits per heavy atom. The summed E-state index contributed by atoms with van der Waals surface area (Å²) in [6.07, 6.45) is 0. The van der Waals surface area contributed by atoms with Crippen LogP contribution in [0.15, 0.2) is 24.3 Å². The highest BCUT2D eigenvalue weighted by Crippen LogP contribution is 2.16. The van der Waals surface area contributed by atoms with Crippen LogP contribution < -0.4 is 11.1 Å². The maximum atomic E-state index is 11.2. The molecule has 0 unspecified atom stereocenters. The number of nitrogens with one attached hydrogen (secondary N) is 1. The number of nitrogens with two attached hydrogens (primary N) is 1. The zero-order chi connectivity index (χ0) is 14.3. The average molecular weight is 289 g/mol. The summed E-state index contributed by atoms with van der Waals surface area (Å²) in [6.45, 7) is 0.149. The Kier molecular flexibility index (Phi) is 5.67. The Bertz CT molecular complexity index is 532. The lowest BCUT2D eigenvalue weighted by atomic mass is 10.3. The summed E-state index contributed by atoms with van der Waals surface area (Å²) < 4.78 is 27.0. The van der Waals surface area contributed by atoms with Gasteiger partial charge in [0.15, 0.2) is 0 Å². The number of hydrogen-bond donors (Lipinski definition) is 2. The van der Waals surface area contributed by atoms with Gasteiger partial charge in [-0.3, -0.25) is 14.3 Å². The lowest BCUT2D eigenvalue weighted by Gasteiger charge is -2.07. The van der Waals surface area contributed by atoms with Gasteiger partial charge in [0.2, 0.25) is 0 Å². The first-order valence-electron chi connectivity index (χ1n) is 5.50. The van der Waals surface area contributed by atoms with Gasteiger partial charge in [0, 0.05) is 30.9 Å². The third kappa shape index (κ3) is 5.64. The summed E-state index contributed by atoms with van der Waals surface area (Å²) >= 11 is 0. The zero-order valence-corrected chi connectivity index (χ0v) is 10.9. The number of hydrogen-bond acceptors (Lipinski definition) is 7. The molecule has 106 valence electrons. The van der Waals surface area contributed by atoms with Crippen molar-refractivity contribution >= 4 is 21.5 Å². The van der Waals surface area contributed by atoms with E-state index in [1.165, 1.54) is 18.2 Å². The van der Waals surface area contributed by atoms with E-state index in [1.807, 2.05) is 0 Å². The van der Waals surface area contributed by atoms with E-state index in [0.717, 1.165) is 0 Å². The topological polar surface area (TPSA) is 125 Å². The fourth-order valence-electron chi connectivity index (χ4n) is 1.30. The molecule has 0 aliphatic rings. The molecule has 0 saturated carbocycles. The second-order valence-corrected chi connectivity index (χ2v) is 5.37. The lowest BCUT2D eigenvalue weighted by Crippen LogP contribution is -2.21. The minimum absolute atomic E-state index is 0.000637. The molecule has 0 heterocycles. The molecular formula is C10H15N3O5S. The van der Waals surface area contributed by atoms with E-state index in [-0.39, 0.29) is 31.1 Å². The van der Waals surface area contributed by atoms with Gasteiger partial charge in [0.25, 0.3) is 15.8 Å². The van der Waals surface area contributed by atoms with Crippen LogP contribution >= 0.6 is 0 Å². The fraction of sp³-hybridized carbons (Fsp3) is 0.400. The first-order valence-corrected chi connectivity index (χ1v) is 7.08. The summed E-state index contributed by atoms with van der Waals surface area (Å²) in [5, 5.41) is 13.4. The Morgan fingerprint density at radius 2 is 2.16 bits per heavy atom. The maximum absolute atomic E-state index is 11.2. The largest absolute Gasteiger partial charge is 0.382 e. The first-order chi connectivity index (χ1) is 8.94. The number of nitrogens with zero attached hydrogens (tertiary/aromatic N) is 1. The van der Waals surface area contributed by atoms with Crippen LogP contribution in [0.25, 0.3) is 0 Å². The molecule has 19 heavy (non-hydrogen) atoms. The quantitative estimate of drug-likeness (QED) is 0.305. The summed E-state index contributed by atoms with van der Waals surface area (Å²) in [6, 6.07) is 5.90. The molecule has 1 aromatic rings. The predicted octanol–water partition coefficient (Wildman–Crippen LogP) is 0.312. The van der Waals surface area contributed by atoms with E-state index in [1.54, 1.807) is 6.07 Å². The molecule has 0 bridgehead atoms. The highest BCUT2D eigenvalue weighted by atomic mass is 32.2. The number of benzene rings is 1. The molecule has 8 nitrogen and oxygen atoms in total. The normalized spacial score (nSPS) is 11.2. The Hall–Kier alpha value is -1.71. The third-order valence-corrected chi connectivity index (χ3v) is 3.38. The van der Waals surface area contributed by atoms with E-state index < -0.39 is 15.0 Å². The van der Waals surface area contributed by atoms with Gasteiger partial charge in [-0.1, -0.05) is 6.07 Å². The first kappa shape index (κ1) is 15.3. The van der Waals surface area contributed by atoms with E-state index in [0.29, 0.717) is 5.69 Å². The number of anilines is 1. The average Bonchev–Trinajstić information content (AvgIpc) is 2.35. The molecule has 0 spiro atoms. The van der Waals surface area contributed by atoms with Crippen molar-refractivity contribution in [2.45, 2.75) is 0 Å². The van der Waals surface area contributed by atoms with Gasteiger partial charge in [-0.15, -0.1) is 0 Å². The van der Waals surface area contributed by atoms with E-state index in [4.69, 9.17) is 5.73 Å². The van der Waals surface area contributed by atoms with Crippen LogP contribution in [0.1, 0.15) is 0 Å². The van der Waals surface area contributed by atoms with Crippen molar-refractivity contribution in [1.82, 2.24) is 0 Å². The van der Waals surface area contributed by atoms with E-state index >= 15 is 0 Å². The van der Waals surface area contributed by atoms with E-state index in [9.17, 15) is 18.5 Å². The van der Waals surface area contributed by atoms with Crippen LogP contribution in [0, 0.1) is 10.1 Å². The number of nitro groups is 1. The monoisotopic (exact) mass is 289 g/mol. The second-order valence-electron chi connectivity index (χ2n) is 3.61. The molecule has 0 aliphatic heterocycles. The molecule has 0 fully saturated rings. The highest BCUT2D eigenvalue weighted by Gasteiger charge is 2.09. The van der Waals surface area contributed by atoms with Crippen molar-refractivity contribution in [3.05, 3.63) is 34.4 Å². The van der Waals surface area contributed by atoms with Crippen molar-refractivity contribution < 1.29 is 17.5 Å². The van der Waals surface area contributed by atoms with Gasteiger partial charge in [-0.05, 0) is 6.07 Å². The van der Waals surface area contributed by atoms with Crippen LogP contribution in [-0.2, 0) is 14.3 Å². The van der Waals surface area contributed by atoms with Gasteiger partial charge < -0.3 is 11.1 Å². The standard InChI is InChI=1S/C10H15N3O5S/c11-4-7-19(16,17)18-6-5-12-9-2-1-3-10(8-9)13(14)15/h1-3,8,12H,4-7,11H2. The SMILES string of the molecule is NCCS(=O)(=O)OCCNc1cccc([N+](=O)[O-])c1. The van der Waals surface area contributed by atoms with Gasteiger partial charge in [-0.2, -0.15) is 8.42 Å². The number of rotatable bonds is 8. The predicted molar refractivity (Wildman–Crippen MR) is 70.4 cm³/mol. The second kappa shape index (κ2) is 7.02. The van der Waals surface area contributed by atoms with Crippen LogP contribution in [0.5, 0.6) is 0 Å². The van der Waals surface area contributed by atoms with Gasteiger partial charge in [0.1, 0.15) is 0 Å². The van der Waals surface area contributed by atoms with Crippen molar-refractivity contribution in [3.63, 3.8) is 0 Å². The molecule has 9 heteroatoms. The fourth-order valence-corrected chi connectivity index (χ4v) is 2.04. The molecule has 0 saturated heterocycles. The van der Waals surface area contributed by atoms with Crippen LogP contribution in [0.3, 0.4) is 0 Å². The summed E-state index contributed by atoms with van der Waals surface area (Å²) in [5.41, 5.74) is 5.60. The Labute approximate surface area is 110 Å². The molecule has 1 rings (SSSR count). The molecule has 0 atom stereocenters. The molecular weight excluding hydrogens is 274 g/mol. The van der Waals surface area contributed by atoms with Crippen molar-refractivity contribution in [2.75, 3.05) is 30.8 Å². The molecule has 3 N–H and O–H groups in total. The number of nitro benzene ring substituents is 1. The third-order valence-electron chi connectivity index (χ3n) is 2.12. The summed E-state index contributed by atoms with van der Waals surface area (Å²) in [4.78, 5) is 10.0. The number of non-ortho nitro benzene ring substituents is 1. The minimum Gasteiger partial charge on any atom is -0.382 e. The van der Waals surface area contributed by atoms with Gasteiger partial charge >= 0.3 is 0 Å². The van der Waals surface area contributed by atoms with Gasteiger partial charge in [-0.25, -0.2) is 0 Å². The van der Waals surface area contributed by atoms with Crippen molar-refractivity contribution in [3.8, 4) is 0 Å².